The van der Waals surface area contributed by atoms with E-state index in [9.17, 15) is 9.90 Å². The van der Waals surface area contributed by atoms with Crippen molar-refractivity contribution in [2.24, 2.45) is 5.10 Å². The maximum Gasteiger partial charge on any atom is 0.275 e. The number of anilines is 3. The van der Waals surface area contributed by atoms with Crippen LogP contribution in [0.4, 0.5) is 17.1 Å². The van der Waals surface area contributed by atoms with E-state index < -0.39 is 5.54 Å². The fourth-order valence-electron chi connectivity index (χ4n) is 7.19. The third kappa shape index (κ3) is 5.98. The molecule has 258 valence electrons. The molecular formula is C41H51N5O3. The van der Waals surface area contributed by atoms with Crippen LogP contribution in [0.5, 0.6) is 17.2 Å². The summed E-state index contributed by atoms with van der Waals surface area (Å²) in [6.45, 7) is 21.8. The molecule has 2 heterocycles. The van der Waals surface area contributed by atoms with Crippen LogP contribution in [-0.2, 0) is 5.54 Å². The van der Waals surface area contributed by atoms with Gasteiger partial charge in [-0.15, -0.1) is 0 Å². The average Bonchev–Trinajstić information content (AvgIpc) is 3.37. The zero-order valence-corrected chi connectivity index (χ0v) is 30.3. The highest BCUT2D eigenvalue weighted by Gasteiger charge is 2.57. The first kappa shape index (κ1) is 35.3. The Morgan fingerprint density at radius 2 is 1.14 bits per heavy atom. The fraction of sp³-hybridized carbons (Fsp3) is 0.366. The van der Waals surface area contributed by atoms with Crippen LogP contribution >= 0.6 is 0 Å². The highest BCUT2D eigenvalue weighted by molar-refractivity contribution is 6.03. The second-order valence-corrected chi connectivity index (χ2v) is 11.8. The minimum Gasteiger partial charge on any atom is -0.507 e. The monoisotopic (exact) mass is 661 g/mol. The minimum atomic E-state index is -1.09. The van der Waals surface area contributed by atoms with Crippen molar-refractivity contribution < 1.29 is 14.6 Å². The van der Waals surface area contributed by atoms with Crippen molar-refractivity contribution in [2.45, 2.75) is 60.9 Å². The number of carbonyl (C=O) groups excluding carboxylic acids is 1. The second kappa shape index (κ2) is 15.1. The number of nitrogens with zero attached hydrogens (tertiary/aromatic N) is 5. The lowest BCUT2D eigenvalue weighted by Gasteiger charge is -2.42. The number of ether oxygens (including phenoxy) is 1. The van der Waals surface area contributed by atoms with Gasteiger partial charge in [-0.3, -0.25) is 4.79 Å². The predicted molar refractivity (Wildman–Crippen MR) is 203 cm³/mol. The number of hydrazone groups is 1. The molecule has 0 aliphatic carbocycles. The van der Waals surface area contributed by atoms with Crippen molar-refractivity contribution in [3.63, 3.8) is 0 Å². The van der Waals surface area contributed by atoms with Gasteiger partial charge < -0.3 is 24.5 Å². The first-order valence-corrected chi connectivity index (χ1v) is 17.9. The first-order valence-electron chi connectivity index (χ1n) is 17.9. The van der Waals surface area contributed by atoms with Gasteiger partial charge >= 0.3 is 0 Å². The van der Waals surface area contributed by atoms with Crippen molar-refractivity contribution in [1.82, 2.24) is 5.01 Å². The second-order valence-electron chi connectivity index (χ2n) is 11.8. The average molecular weight is 662 g/mol. The molecule has 4 aromatic rings. The van der Waals surface area contributed by atoms with Gasteiger partial charge in [-0.1, -0.05) is 44.2 Å². The van der Waals surface area contributed by atoms with Crippen LogP contribution in [0.15, 0.2) is 84.0 Å². The summed E-state index contributed by atoms with van der Waals surface area (Å²) < 4.78 is 6.77. The summed E-state index contributed by atoms with van der Waals surface area (Å²) in [5.74, 6) is 1.27. The third-order valence-corrected chi connectivity index (χ3v) is 9.70. The number of fused-ring (bicyclic) bond motifs is 6. The highest BCUT2D eigenvalue weighted by atomic mass is 16.5. The molecule has 0 fully saturated rings. The minimum absolute atomic E-state index is 0.108. The maximum atomic E-state index is 14.4. The van der Waals surface area contributed by atoms with E-state index in [1.54, 1.807) is 17.3 Å². The van der Waals surface area contributed by atoms with Crippen LogP contribution in [0.3, 0.4) is 0 Å². The summed E-state index contributed by atoms with van der Waals surface area (Å²) in [4.78, 5) is 21.2. The molecule has 0 saturated heterocycles. The van der Waals surface area contributed by atoms with E-state index in [-0.39, 0.29) is 11.7 Å². The molecule has 0 bridgehead atoms. The highest BCUT2D eigenvalue weighted by Crippen LogP contribution is 2.58. The van der Waals surface area contributed by atoms with Crippen LogP contribution in [0.2, 0.25) is 0 Å². The van der Waals surface area contributed by atoms with E-state index >= 15 is 0 Å². The quantitative estimate of drug-likeness (QED) is 0.162. The summed E-state index contributed by atoms with van der Waals surface area (Å²) in [6.07, 6.45) is 1.59. The standard InChI is InChI=1S/C39H45N5O3.C2H6/c1-7-41(8-2)28-18-17-27(35(45)23-28)26-40-44-38(46)31-15-13-14-16-32(31)39(44)33-21-19-29(42(9-3)10-4)24-36(33)47-37-25-30(20-22-34(37)39)43(11-5)12-6;1-2/h13-26,45H,7-12H2,1-6H3;1-2H3/b40-26+;. The zero-order valence-electron chi connectivity index (χ0n) is 30.3. The summed E-state index contributed by atoms with van der Waals surface area (Å²) >= 11 is 0. The summed E-state index contributed by atoms with van der Waals surface area (Å²) in [7, 11) is 0. The van der Waals surface area contributed by atoms with Gasteiger partial charge in [0.1, 0.15) is 22.8 Å². The van der Waals surface area contributed by atoms with E-state index in [1.807, 2.05) is 50.2 Å². The SMILES string of the molecule is CC.CCN(CC)c1ccc(/C=N/N2C(=O)c3ccccc3C23c2ccc(N(CC)CC)cc2Oc2cc(N(CC)CC)ccc23)c(O)c1. The van der Waals surface area contributed by atoms with Crippen LogP contribution in [0.1, 0.15) is 88.0 Å². The number of amides is 1. The molecule has 2 aliphatic rings. The molecule has 6 rings (SSSR count). The largest absolute Gasteiger partial charge is 0.507 e. The number of hydrogen-bond acceptors (Lipinski definition) is 7. The third-order valence-electron chi connectivity index (χ3n) is 9.70. The number of aromatic hydroxyl groups is 1. The Kier molecular flexibility index (Phi) is 10.9. The lowest BCUT2D eigenvalue weighted by Crippen LogP contribution is -2.44. The number of rotatable bonds is 11. The molecule has 0 saturated carbocycles. The number of benzene rings is 4. The van der Waals surface area contributed by atoms with E-state index in [2.05, 4.69) is 92.6 Å². The van der Waals surface area contributed by atoms with Gasteiger partial charge in [-0.2, -0.15) is 5.10 Å². The van der Waals surface area contributed by atoms with Gasteiger partial charge in [0.05, 0.1) is 6.21 Å². The molecule has 4 aromatic carbocycles. The number of phenols is 1. The van der Waals surface area contributed by atoms with Gasteiger partial charge in [0.25, 0.3) is 5.91 Å². The number of hydrogen-bond donors (Lipinski definition) is 1. The Labute approximate surface area is 292 Å². The smallest absolute Gasteiger partial charge is 0.275 e. The normalized spacial score (nSPS) is 13.7. The molecule has 2 aliphatic heterocycles. The molecule has 0 unspecified atom stereocenters. The van der Waals surface area contributed by atoms with Crippen LogP contribution in [0.25, 0.3) is 0 Å². The van der Waals surface area contributed by atoms with E-state index in [4.69, 9.17) is 9.84 Å². The summed E-state index contributed by atoms with van der Waals surface area (Å²) in [6, 6.07) is 25.9. The summed E-state index contributed by atoms with van der Waals surface area (Å²) in [5, 5.41) is 17.6. The lowest BCUT2D eigenvalue weighted by molar-refractivity contribution is 0.0675. The molecule has 8 heteroatoms. The van der Waals surface area contributed by atoms with Gasteiger partial charge in [-0.05, 0) is 71.9 Å². The molecule has 0 aromatic heterocycles. The fourth-order valence-corrected chi connectivity index (χ4v) is 7.19. The van der Waals surface area contributed by atoms with Gasteiger partial charge in [0.2, 0.25) is 0 Å². The predicted octanol–water partition coefficient (Wildman–Crippen LogP) is 8.84. The Morgan fingerprint density at radius 3 is 1.63 bits per heavy atom. The summed E-state index contributed by atoms with van der Waals surface area (Å²) in [5.41, 5.74) is 5.60. The van der Waals surface area contributed by atoms with E-state index in [1.165, 1.54) is 0 Å². The maximum absolute atomic E-state index is 14.4. The van der Waals surface area contributed by atoms with Gasteiger partial charge in [0.15, 0.2) is 0 Å². The van der Waals surface area contributed by atoms with E-state index in [0.29, 0.717) is 22.6 Å². The Balaban J connectivity index is 0.00000230. The topological polar surface area (TPSA) is 71.8 Å². The molecule has 1 spiro atoms. The van der Waals surface area contributed by atoms with Crippen molar-refractivity contribution in [3.8, 4) is 17.2 Å². The Morgan fingerprint density at radius 1 is 0.673 bits per heavy atom. The Bertz CT molecular complexity index is 1750. The van der Waals surface area contributed by atoms with Crippen LogP contribution in [0, 0.1) is 0 Å². The van der Waals surface area contributed by atoms with E-state index in [0.717, 1.165) is 73.0 Å². The first-order chi connectivity index (χ1) is 23.9. The molecule has 49 heavy (non-hydrogen) atoms. The lowest BCUT2D eigenvalue weighted by atomic mass is 9.75. The van der Waals surface area contributed by atoms with Crippen molar-refractivity contribution in [1.29, 1.82) is 0 Å². The molecule has 0 radical (unpaired) electrons. The zero-order chi connectivity index (χ0) is 35.3. The van der Waals surface area contributed by atoms with Gasteiger partial charge in [0, 0.05) is 102 Å². The van der Waals surface area contributed by atoms with Gasteiger partial charge in [-0.25, -0.2) is 5.01 Å². The van der Waals surface area contributed by atoms with Crippen molar-refractivity contribution >= 4 is 29.2 Å². The molecule has 1 amide bonds. The van der Waals surface area contributed by atoms with Crippen LogP contribution < -0.4 is 19.4 Å². The molecule has 8 nitrogen and oxygen atoms in total. The van der Waals surface area contributed by atoms with Crippen LogP contribution in [-0.4, -0.2) is 61.5 Å². The van der Waals surface area contributed by atoms with Crippen molar-refractivity contribution in [3.05, 3.63) is 107 Å². The molecular weight excluding hydrogens is 610 g/mol. The molecule has 0 atom stereocenters. The molecule has 1 N–H and O–H groups in total. The number of phenolic OH excluding ortho intramolecular Hbond substituents is 1. The van der Waals surface area contributed by atoms with Crippen molar-refractivity contribution in [2.75, 3.05) is 54.0 Å². The number of carbonyl (C=O) groups is 1. The Hall–Kier alpha value is -4.98.